The molecular weight excluding hydrogens is 282 g/mol. The number of carboxylic acid groups (broad SMARTS) is 1. The van der Waals surface area contributed by atoms with Crippen molar-refractivity contribution in [3.63, 3.8) is 0 Å². The van der Waals surface area contributed by atoms with Gasteiger partial charge in [-0.2, -0.15) is 13.2 Å². The van der Waals surface area contributed by atoms with Crippen molar-refractivity contribution in [3.05, 3.63) is 35.6 Å². The summed E-state index contributed by atoms with van der Waals surface area (Å²) in [6.45, 7) is -2.93. The van der Waals surface area contributed by atoms with Crippen LogP contribution in [0, 0.1) is 5.82 Å². The number of carbonyl (C=O) groups is 1. The molecule has 8 heteroatoms. The summed E-state index contributed by atoms with van der Waals surface area (Å²) < 4.78 is 53.7. The molecule has 20 heavy (non-hydrogen) atoms. The Bertz CT molecular complexity index is 478. The maximum absolute atomic E-state index is 13.2. The zero-order valence-corrected chi connectivity index (χ0v) is 10.3. The van der Waals surface area contributed by atoms with Crippen LogP contribution in [0.25, 0.3) is 0 Å². The number of nitrogens with two attached hydrogens (primary N) is 1. The van der Waals surface area contributed by atoms with Crippen LogP contribution >= 0.6 is 0 Å². The summed E-state index contributed by atoms with van der Waals surface area (Å²) in [6.07, 6.45) is -4.58. The van der Waals surface area contributed by atoms with Gasteiger partial charge in [-0.05, 0) is 17.7 Å². The molecule has 112 valence electrons. The van der Waals surface area contributed by atoms with Crippen LogP contribution in [0.4, 0.5) is 17.6 Å². The molecule has 4 nitrogen and oxygen atoms in total. The monoisotopic (exact) mass is 295 g/mol. The fourth-order valence-corrected chi connectivity index (χ4v) is 1.66. The molecule has 0 radical (unpaired) electrons. The van der Waals surface area contributed by atoms with E-state index in [1.807, 2.05) is 0 Å². The van der Waals surface area contributed by atoms with E-state index in [-0.39, 0.29) is 5.56 Å². The number of carboxylic acids is 1. The summed E-state index contributed by atoms with van der Waals surface area (Å²) in [7, 11) is 0. The summed E-state index contributed by atoms with van der Waals surface area (Å²) in [5, 5.41) is 9.23. The van der Waals surface area contributed by atoms with Gasteiger partial charge in [0.25, 0.3) is 0 Å². The number of ether oxygens (including phenoxy) is 1. The Morgan fingerprint density at radius 3 is 2.40 bits per heavy atom. The van der Waals surface area contributed by atoms with Gasteiger partial charge < -0.3 is 15.6 Å². The van der Waals surface area contributed by atoms with Gasteiger partial charge in [0, 0.05) is 6.54 Å². The van der Waals surface area contributed by atoms with Crippen molar-refractivity contribution in [2.75, 3.05) is 19.8 Å². The summed E-state index contributed by atoms with van der Waals surface area (Å²) in [4.78, 5) is 11.4. The zero-order chi connectivity index (χ0) is 15.4. The molecule has 1 aromatic rings. The molecule has 1 rings (SSSR count). The van der Waals surface area contributed by atoms with Crippen molar-refractivity contribution in [3.8, 4) is 0 Å². The van der Waals surface area contributed by atoms with Crippen molar-refractivity contribution in [1.29, 1.82) is 0 Å². The topological polar surface area (TPSA) is 72.5 Å². The van der Waals surface area contributed by atoms with Gasteiger partial charge in [-0.15, -0.1) is 0 Å². The van der Waals surface area contributed by atoms with E-state index in [1.54, 1.807) is 0 Å². The van der Waals surface area contributed by atoms with E-state index in [1.165, 1.54) is 12.1 Å². The Hall–Kier alpha value is -1.67. The number of rotatable bonds is 6. The second-order valence-electron chi connectivity index (χ2n) is 4.21. The molecular formula is C12H13F4NO3. The predicted octanol–water partition coefficient (Wildman–Crippen LogP) is 1.69. The molecule has 0 bridgehead atoms. The summed E-state index contributed by atoms with van der Waals surface area (Å²) in [5.74, 6) is -2.19. The summed E-state index contributed by atoms with van der Waals surface area (Å²) in [6, 6.07) is 4.53. The van der Waals surface area contributed by atoms with E-state index in [2.05, 4.69) is 4.74 Å². The Kier molecular flexibility index (Phi) is 5.07. The highest BCUT2D eigenvalue weighted by Crippen LogP contribution is 2.26. The first-order valence-electron chi connectivity index (χ1n) is 5.55. The molecule has 1 aromatic carbocycles. The van der Waals surface area contributed by atoms with E-state index >= 15 is 0 Å². The Balaban J connectivity index is 3.01. The second-order valence-corrected chi connectivity index (χ2v) is 4.21. The third-order valence-corrected chi connectivity index (χ3v) is 2.75. The highest BCUT2D eigenvalue weighted by molar-refractivity contribution is 5.82. The third kappa shape index (κ3) is 3.91. The molecule has 0 amide bonds. The van der Waals surface area contributed by atoms with E-state index in [4.69, 9.17) is 5.73 Å². The van der Waals surface area contributed by atoms with Crippen LogP contribution in [0.15, 0.2) is 24.3 Å². The molecule has 0 aliphatic heterocycles. The third-order valence-electron chi connectivity index (χ3n) is 2.75. The second kappa shape index (κ2) is 6.19. The highest BCUT2D eigenvalue weighted by Gasteiger charge is 2.41. The molecule has 0 saturated carbocycles. The Morgan fingerprint density at radius 2 is 1.95 bits per heavy atom. The minimum atomic E-state index is -4.58. The first-order chi connectivity index (χ1) is 9.21. The first-order valence-corrected chi connectivity index (χ1v) is 5.55. The van der Waals surface area contributed by atoms with Gasteiger partial charge in [0.05, 0.1) is 6.61 Å². The molecule has 3 N–H and O–H groups in total. The maximum atomic E-state index is 13.2. The van der Waals surface area contributed by atoms with Crippen LogP contribution in [0.2, 0.25) is 0 Å². The van der Waals surface area contributed by atoms with Gasteiger partial charge in [0.1, 0.15) is 17.8 Å². The van der Waals surface area contributed by atoms with Gasteiger partial charge in [0.15, 0.2) is 0 Å². The number of aliphatic carboxylic acids is 1. The smallest absolute Gasteiger partial charge is 0.411 e. The summed E-state index contributed by atoms with van der Waals surface area (Å²) >= 11 is 0. The molecule has 1 unspecified atom stereocenters. The van der Waals surface area contributed by atoms with E-state index in [0.29, 0.717) is 0 Å². The number of alkyl halides is 3. The van der Waals surface area contributed by atoms with Gasteiger partial charge in [-0.25, -0.2) is 4.39 Å². The first kappa shape index (κ1) is 16.4. The normalized spacial score (nSPS) is 14.8. The average Bonchev–Trinajstić information content (AvgIpc) is 2.33. The van der Waals surface area contributed by atoms with Crippen molar-refractivity contribution in [1.82, 2.24) is 0 Å². The van der Waals surface area contributed by atoms with Gasteiger partial charge >= 0.3 is 12.1 Å². The molecule has 0 aliphatic carbocycles. The molecule has 0 saturated heterocycles. The zero-order valence-electron chi connectivity index (χ0n) is 10.3. The van der Waals surface area contributed by atoms with Crippen molar-refractivity contribution >= 4 is 5.97 Å². The fourth-order valence-electron chi connectivity index (χ4n) is 1.66. The number of hydrogen-bond acceptors (Lipinski definition) is 3. The van der Waals surface area contributed by atoms with Crippen LogP contribution < -0.4 is 5.73 Å². The lowest BCUT2D eigenvalue weighted by Gasteiger charge is -2.28. The number of benzene rings is 1. The minimum absolute atomic E-state index is 0.0466. The maximum Gasteiger partial charge on any atom is 0.411 e. The van der Waals surface area contributed by atoms with Crippen molar-refractivity contribution < 1.29 is 32.2 Å². The van der Waals surface area contributed by atoms with E-state index in [0.717, 1.165) is 12.1 Å². The fraction of sp³-hybridized carbons (Fsp3) is 0.417. The van der Waals surface area contributed by atoms with Crippen molar-refractivity contribution in [2.24, 2.45) is 5.73 Å². The van der Waals surface area contributed by atoms with Crippen LogP contribution in [0.1, 0.15) is 5.56 Å². The van der Waals surface area contributed by atoms with Crippen LogP contribution in [-0.2, 0) is 14.9 Å². The molecule has 0 aliphatic rings. The van der Waals surface area contributed by atoms with Gasteiger partial charge in [-0.1, -0.05) is 12.1 Å². The largest absolute Gasteiger partial charge is 0.480 e. The molecule has 0 aromatic heterocycles. The van der Waals surface area contributed by atoms with Crippen LogP contribution in [0.3, 0.4) is 0 Å². The average molecular weight is 295 g/mol. The molecule has 0 spiro atoms. The Labute approximate surface area is 112 Å². The van der Waals surface area contributed by atoms with E-state index < -0.39 is 43.1 Å². The summed E-state index contributed by atoms with van der Waals surface area (Å²) in [5.41, 5.74) is 3.41. The predicted molar refractivity (Wildman–Crippen MR) is 61.6 cm³/mol. The van der Waals surface area contributed by atoms with Gasteiger partial charge in [0.2, 0.25) is 0 Å². The number of hydrogen-bond donors (Lipinski definition) is 2. The molecule has 0 fully saturated rings. The molecule has 0 heterocycles. The van der Waals surface area contributed by atoms with E-state index in [9.17, 15) is 27.5 Å². The Morgan fingerprint density at radius 1 is 1.30 bits per heavy atom. The lowest BCUT2D eigenvalue weighted by Crippen LogP contribution is -2.47. The highest BCUT2D eigenvalue weighted by atomic mass is 19.4. The standard InChI is InChI=1S/C12H13F4NO3/c13-9-3-1-2-8(4-9)11(5-17,10(18)19)6-20-7-12(14,15)16/h1-4H,5-7,17H2,(H,18,19). The van der Waals surface area contributed by atoms with Gasteiger partial charge in [-0.3, -0.25) is 4.79 Å². The number of halogens is 4. The van der Waals surface area contributed by atoms with Crippen LogP contribution in [0.5, 0.6) is 0 Å². The minimum Gasteiger partial charge on any atom is -0.480 e. The molecule has 1 atom stereocenters. The quantitative estimate of drug-likeness (QED) is 0.783. The van der Waals surface area contributed by atoms with Crippen molar-refractivity contribution in [2.45, 2.75) is 11.6 Å². The lowest BCUT2D eigenvalue weighted by atomic mass is 9.81. The van der Waals surface area contributed by atoms with Crippen LogP contribution in [-0.4, -0.2) is 37.0 Å². The SMILES string of the molecule is NCC(COCC(F)(F)F)(C(=O)O)c1cccc(F)c1. The lowest BCUT2D eigenvalue weighted by molar-refractivity contribution is -0.181.